The first-order valence-corrected chi connectivity index (χ1v) is 5.37. The number of hydrogen-bond donors (Lipinski definition) is 1. The predicted octanol–water partition coefficient (Wildman–Crippen LogP) is 2.93. The van der Waals surface area contributed by atoms with E-state index in [1.54, 1.807) is 0 Å². The number of carbonyl (C=O) groups excluding carboxylic acids is 1. The molecule has 0 aliphatic carbocycles. The molecule has 1 rings (SSSR count). The standard InChI is InChI=1S/C10H8ClF3N2O3/c11-6-1-2-8(16(18)19)7(5-6)9(17)15-4-3-10(12,13)14/h1-2,5H,3-4H2,(H,15,17). The Balaban J connectivity index is 2.81. The Bertz CT molecular complexity index is 505. The van der Waals surface area contributed by atoms with Gasteiger partial charge in [0.25, 0.3) is 11.6 Å². The number of rotatable bonds is 4. The lowest BCUT2D eigenvalue weighted by Crippen LogP contribution is -2.28. The summed E-state index contributed by atoms with van der Waals surface area (Å²) >= 11 is 5.59. The predicted molar refractivity (Wildman–Crippen MR) is 61.1 cm³/mol. The first kappa shape index (κ1) is 15.2. The van der Waals surface area contributed by atoms with E-state index in [-0.39, 0.29) is 10.6 Å². The van der Waals surface area contributed by atoms with Gasteiger partial charge in [0.2, 0.25) is 0 Å². The zero-order chi connectivity index (χ0) is 14.6. The van der Waals surface area contributed by atoms with Crippen LogP contribution >= 0.6 is 11.6 Å². The molecule has 1 amide bonds. The van der Waals surface area contributed by atoms with Crippen molar-refractivity contribution < 1.29 is 22.9 Å². The quantitative estimate of drug-likeness (QED) is 0.686. The van der Waals surface area contributed by atoms with Crippen LogP contribution in [-0.4, -0.2) is 23.6 Å². The Hall–Kier alpha value is -1.83. The van der Waals surface area contributed by atoms with Crippen LogP contribution in [-0.2, 0) is 0 Å². The summed E-state index contributed by atoms with van der Waals surface area (Å²) in [5, 5.41) is 12.7. The summed E-state index contributed by atoms with van der Waals surface area (Å²) in [4.78, 5) is 21.4. The molecule has 0 radical (unpaired) electrons. The van der Waals surface area contributed by atoms with E-state index in [0.29, 0.717) is 0 Å². The molecule has 0 atom stereocenters. The Kier molecular flexibility index (Phi) is 4.71. The van der Waals surface area contributed by atoms with Crippen LogP contribution in [0.2, 0.25) is 5.02 Å². The van der Waals surface area contributed by atoms with Crippen LogP contribution in [0.4, 0.5) is 18.9 Å². The summed E-state index contributed by atoms with van der Waals surface area (Å²) in [7, 11) is 0. The van der Waals surface area contributed by atoms with Crippen LogP contribution in [0.15, 0.2) is 18.2 Å². The lowest BCUT2D eigenvalue weighted by atomic mass is 10.1. The van der Waals surface area contributed by atoms with Gasteiger partial charge < -0.3 is 5.32 Å². The first-order valence-electron chi connectivity index (χ1n) is 4.99. The molecular formula is C10H8ClF3N2O3. The highest BCUT2D eigenvalue weighted by molar-refractivity contribution is 6.31. The van der Waals surface area contributed by atoms with Gasteiger partial charge in [0, 0.05) is 17.6 Å². The molecule has 0 aliphatic rings. The van der Waals surface area contributed by atoms with E-state index in [1.807, 2.05) is 5.32 Å². The van der Waals surface area contributed by atoms with Gasteiger partial charge >= 0.3 is 6.18 Å². The summed E-state index contributed by atoms with van der Waals surface area (Å²) in [5.74, 6) is -0.974. The van der Waals surface area contributed by atoms with Crippen LogP contribution in [0.25, 0.3) is 0 Å². The van der Waals surface area contributed by atoms with Crippen molar-refractivity contribution >= 4 is 23.2 Å². The summed E-state index contributed by atoms with van der Waals surface area (Å²) in [6.45, 7) is -0.661. The minimum atomic E-state index is -4.41. The van der Waals surface area contributed by atoms with E-state index in [2.05, 4.69) is 0 Å². The van der Waals surface area contributed by atoms with Gasteiger partial charge in [-0.1, -0.05) is 11.6 Å². The molecule has 0 aliphatic heterocycles. The van der Waals surface area contributed by atoms with E-state index in [4.69, 9.17) is 11.6 Å². The molecule has 1 aromatic carbocycles. The van der Waals surface area contributed by atoms with Crippen molar-refractivity contribution in [1.82, 2.24) is 5.32 Å². The number of nitrogens with zero attached hydrogens (tertiary/aromatic N) is 1. The Labute approximate surface area is 110 Å². The van der Waals surface area contributed by atoms with Crippen LogP contribution in [0.5, 0.6) is 0 Å². The number of nitro groups is 1. The molecule has 104 valence electrons. The Morgan fingerprint density at radius 1 is 1.42 bits per heavy atom. The average molecular weight is 297 g/mol. The summed E-state index contributed by atoms with van der Waals surface area (Å²) in [6.07, 6.45) is -5.62. The third-order valence-electron chi connectivity index (χ3n) is 2.09. The molecule has 0 saturated carbocycles. The van der Waals surface area contributed by atoms with Gasteiger partial charge in [-0.15, -0.1) is 0 Å². The van der Waals surface area contributed by atoms with Crippen molar-refractivity contribution in [3.63, 3.8) is 0 Å². The van der Waals surface area contributed by atoms with Gasteiger partial charge in [-0.3, -0.25) is 14.9 Å². The molecule has 9 heteroatoms. The van der Waals surface area contributed by atoms with Crippen molar-refractivity contribution in [2.75, 3.05) is 6.54 Å². The van der Waals surface area contributed by atoms with Gasteiger partial charge in [0.15, 0.2) is 0 Å². The SMILES string of the molecule is O=C(NCCC(F)(F)F)c1cc(Cl)ccc1[N+](=O)[O-]. The van der Waals surface area contributed by atoms with E-state index < -0.39 is 35.7 Å². The van der Waals surface area contributed by atoms with Crippen LogP contribution in [0, 0.1) is 10.1 Å². The largest absolute Gasteiger partial charge is 0.390 e. The number of nitro benzene ring substituents is 1. The van der Waals surface area contributed by atoms with Gasteiger partial charge in [0.1, 0.15) is 5.56 Å². The van der Waals surface area contributed by atoms with E-state index in [1.165, 1.54) is 6.07 Å². The molecule has 0 saturated heterocycles. The summed E-state index contributed by atoms with van der Waals surface area (Å²) in [5.41, 5.74) is -0.895. The lowest BCUT2D eigenvalue weighted by molar-refractivity contribution is -0.385. The molecule has 0 aromatic heterocycles. The molecule has 0 fully saturated rings. The van der Waals surface area contributed by atoms with E-state index in [0.717, 1.165) is 12.1 Å². The molecule has 0 heterocycles. The van der Waals surface area contributed by atoms with E-state index in [9.17, 15) is 28.1 Å². The molecular weight excluding hydrogens is 289 g/mol. The second kappa shape index (κ2) is 5.87. The van der Waals surface area contributed by atoms with Crippen LogP contribution < -0.4 is 5.32 Å². The number of alkyl halides is 3. The molecule has 0 unspecified atom stereocenters. The van der Waals surface area contributed by atoms with Crippen molar-refractivity contribution in [2.24, 2.45) is 0 Å². The third-order valence-corrected chi connectivity index (χ3v) is 2.33. The minimum Gasteiger partial charge on any atom is -0.351 e. The molecule has 1 N–H and O–H groups in total. The molecule has 0 bridgehead atoms. The fourth-order valence-electron chi connectivity index (χ4n) is 1.26. The number of nitrogens with one attached hydrogen (secondary N) is 1. The maximum atomic E-state index is 11.9. The van der Waals surface area contributed by atoms with Gasteiger partial charge in [-0.25, -0.2) is 0 Å². The minimum absolute atomic E-state index is 0.0755. The molecule has 5 nitrogen and oxygen atoms in total. The molecule has 1 aromatic rings. The fraction of sp³-hybridized carbons (Fsp3) is 0.300. The highest BCUT2D eigenvalue weighted by atomic mass is 35.5. The van der Waals surface area contributed by atoms with Crippen molar-refractivity contribution in [3.8, 4) is 0 Å². The van der Waals surface area contributed by atoms with Crippen molar-refractivity contribution in [2.45, 2.75) is 12.6 Å². The smallest absolute Gasteiger partial charge is 0.351 e. The summed E-state index contributed by atoms with van der Waals surface area (Å²) in [6, 6.07) is 3.26. The maximum Gasteiger partial charge on any atom is 0.390 e. The number of carbonyl (C=O) groups is 1. The lowest BCUT2D eigenvalue weighted by Gasteiger charge is -2.08. The van der Waals surface area contributed by atoms with Crippen LogP contribution in [0.3, 0.4) is 0 Å². The van der Waals surface area contributed by atoms with Crippen LogP contribution in [0.1, 0.15) is 16.8 Å². The molecule has 19 heavy (non-hydrogen) atoms. The number of hydrogen-bond acceptors (Lipinski definition) is 3. The highest BCUT2D eigenvalue weighted by Gasteiger charge is 2.27. The second-order valence-corrected chi connectivity index (χ2v) is 3.98. The van der Waals surface area contributed by atoms with Crippen molar-refractivity contribution in [3.05, 3.63) is 38.9 Å². The molecule has 0 spiro atoms. The fourth-order valence-corrected chi connectivity index (χ4v) is 1.43. The zero-order valence-corrected chi connectivity index (χ0v) is 10.1. The monoisotopic (exact) mass is 296 g/mol. The van der Waals surface area contributed by atoms with E-state index >= 15 is 0 Å². The number of halogens is 4. The highest BCUT2D eigenvalue weighted by Crippen LogP contribution is 2.23. The first-order chi connectivity index (χ1) is 8.70. The maximum absolute atomic E-state index is 11.9. The third kappa shape index (κ3) is 4.74. The Morgan fingerprint density at radius 2 is 2.05 bits per heavy atom. The van der Waals surface area contributed by atoms with Gasteiger partial charge in [0.05, 0.1) is 11.3 Å². The van der Waals surface area contributed by atoms with Gasteiger partial charge in [-0.2, -0.15) is 13.2 Å². The Morgan fingerprint density at radius 3 is 2.58 bits per heavy atom. The summed E-state index contributed by atoms with van der Waals surface area (Å²) < 4.78 is 35.7. The zero-order valence-electron chi connectivity index (χ0n) is 9.33. The average Bonchev–Trinajstić information content (AvgIpc) is 2.26. The number of benzene rings is 1. The second-order valence-electron chi connectivity index (χ2n) is 3.54. The number of amides is 1. The van der Waals surface area contributed by atoms with Crippen molar-refractivity contribution in [1.29, 1.82) is 0 Å². The topological polar surface area (TPSA) is 72.2 Å². The van der Waals surface area contributed by atoms with Gasteiger partial charge in [-0.05, 0) is 12.1 Å². The normalized spacial score (nSPS) is 11.2.